The van der Waals surface area contributed by atoms with Gasteiger partial charge in [0.05, 0.1) is 12.1 Å². The molecule has 0 aliphatic rings. The minimum atomic E-state index is -0.315. The molecule has 0 saturated heterocycles. The minimum absolute atomic E-state index is 0.270. The van der Waals surface area contributed by atoms with Crippen LogP contribution in [0.5, 0.6) is 0 Å². The third kappa shape index (κ3) is 4.99. The van der Waals surface area contributed by atoms with Crippen molar-refractivity contribution in [3.05, 3.63) is 24.3 Å². The number of hydrogen-bond acceptors (Lipinski definition) is 5. The van der Waals surface area contributed by atoms with Crippen LogP contribution in [0.3, 0.4) is 0 Å². The zero-order chi connectivity index (χ0) is 16.7. The molecule has 0 N–H and O–H groups in total. The number of aromatic nitrogens is 3. The third-order valence-electron chi connectivity index (χ3n) is 3.37. The van der Waals surface area contributed by atoms with Crippen molar-refractivity contribution in [2.24, 2.45) is 5.92 Å². The molecular formula is C17H27N3O3. The molecule has 6 nitrogen and oxygen atoms in total. The Hall–Kier alpha value is -1.50. The zero-order valence-corrected chi connectivity index (χ0v) is 14.4. The largest absolute Gasteiger partial charge is 0.356 e. The number of rotatable bonds is 10. The van der Waals surface area contributed by atoms with Crippen LogP contribution >= 0.6 is 0 Å². The van der Waals surface area contributed by atoms with Gasteiger partial charge in [0, 0.05) is 19.6 Å². The molecule has 0 fully saturated rings. The molecule has 0 aliphatic carbocycles. The minimum Gasteiger partial charge on any atom is -0.356 e. The molecular weight excluding hydrogens is 294 g/mol. The van der Waals surface area contributed by atoms with Crippen molar-refractivity contribution in [3.8, 4) is 0 Å². The number of para-hydroxylation sites is 1. The van der Waals surface area contributed by atoms with E-state index in [-0.39, 0.29) is 12.5 Å². The Bertz CT molecular complexity index is 579. The van der Waals surface area contributed by atoms with E-state index in [1.807, 2.05) is 42.8 Å². The molecule has 1 heterocycles. The Morgan fingerprint density at radius 3 is 2.39 bits per heavy atom. The Morgan fingerprint density at radius 2 is 1.74 bits per heavy atom. The van der Waals surface area contributed by atoms with Crippen molar-refractivity contribution in [2.45, 2.75) is 46.6 Å². The van der Waals surface area contributed by atoms with Crippen LogP contribution in [0.4, 0.5) is 0 Å². The number of hydrogen-bond donors (Lipinski definition) is 0. The van der Waals surface area contributed by atoms with Crippen molar-refractivity contribution in [3.63, 3.8) is 0 Å². The summed E-state index contributed by atoms with van der Waals surface area (Å²) in [5.41, 5.74) is 1.81. The van der Waals surface area contributed by atoms with Crippen LogP contribution in [-0.2, 0) is 14.2 Å². The molecule has 1 aromatic heterocycles. The molecule has 2 rings (SSSR count). The van der Waals surface area contributed by atoms with E-state index in [1.165, 1.54) is 0 Å². The summed E-state index contributed by atoms with van der Waals surface area (Å²) in [7, 11) is 0. The van der Waals surface area contributed by atoms with Crippen molar-refractivity contribution in [1.29, 1.82) is 0 Å². The predicted octanol–water partition coefficient (Wildman–Crippen LogP) is 3.39. The SMILES string of the molecule is CCOC(CC(OCC(C)C)n1nnc2ccccc21)OCC. The second-order valence-electron chi connectivity index (χ2n) is 5.78. The van der Waals surface area contributed by atoms with E-state index in [0.29, 0.717) is 32.2 Å². The fourth-order valence-electron chi connectivity index (χ4n) is 2.36. The summed E-state index contributed by atoms with van der Waals surface area (Å²) in [5.74, 6) is 0.435. The highest BCUT2D eigenvalue weighted by atomic mass is 16.7. The molecule has 6 heteroatoms. The highest BCUT2D eigenvalue weighted by Gasteiger charge is 2.22. The van der Waals surface area contributed by atoms with Gasteiger partial charge in [-0.2, -0.15) is 0 Å². The Balaban J connectivity index is 2.22. The smallest absolute Gasteiger partial charge is 0.161 e. The Kier molecular flexibility index (Phi) is 6.95. The quantitative estimate of drug-likeness (QED) is 0.628. The van der Waals surface area contributed by atoms with Crippen molar-refractivity contribution in [1.82, 2.24) is 15.0 Å². The summed E-state index contributed by atoms with van der Waals surface area (Å²) in [6, 6.07) is 7.87. The summed E-state index contributed by atoms with van der Waals surface area (Å²) in [6.45, 7) is 10.0. The molecule has 0 amide bonds. The number of ether oxygens (including phenoxy) is 3. The van der Waals surface area contributed by atoms with Gasteiger partial charge in [-0.1, -0.05) is 31.2 Å². The van der Waals surface area contributed by atoms with E-state index >= 15 is 0 Å². The molecule has 0 aliphatic heterocycles. The molecule has 128 valence electrons. The van der Waals surface area contributed by atoms with Gasteiger partial charge in [0.2, 0.25) is 0 Å². The second-order valence-corrected chi connectivity index (χ2v) is 5.78. The molecule has 0 saturated carbocycles. The van der Waals surface area contributed by atoms with E-state index < -0.39 is 0 Å². The summed E-state index contributed by atoms with van der Waals surface area (Å²) in [6.07, 6.45) is -0.0140. The average Bonchev–Trinajstić information content (AvgIpc) is 2.95. The van der Waals surface area contributed by atoms with Crippen LogP contribution in [0, 0.1) is 5.92 Å². The van der Waals surface area contributed by atoms with Gasteiger partial charge >= 0.3 is 0 Å². The zero-order valence-electron chi connectivity index (χ0n) is 14.4. The number of nitrogens with zero attached hydrogens (tertiary/aromatic N) is 3. The summed E-state index contributed by atoms with van der Waals surface area (Å²) >= 11 is 0. The molecule has 0 bridgehead atoms. The molecule has 1 atom stereocenters. The van der Waals surface area contributed by atoms with Gasteiger partial charge in [0.25, 0.3) is 0 Å². The normalized spacial score (nSPS) is 13.3. The van der Waals surface area contributed by atoms with Gasteiger partial charge in [0.1, 0.15) is 5.52 Å². The maximum atomic E-state index is 6.08. The maximum absolute atomic E-state index is 6.08. The van der Waals surface area contributed by atoms with Gasteiger partial charge < -0.3 is 14.2 Å². The van der Waals surface area contributed by atoms with Crippen molar-refractivity contribution >= 4 is 11.0 Å². The highest BCUT2D eigenvalue weighted by molar-refractivity contribution is 5.73. The van der Waals surface area contributed by atoms with Gasteiger partial charge in [-0.05, 0) is 31.9 Å². The van der Waals surface area contributed by atoms with Gasteiger partial charge in [0.15, 0.2) is 12.5 Å². The molecule has 0 spiro atoms. The Morgan fingerprint density at radius 1 is 1.04 bits per heavy atom. The van der Waals surface area contributed by atoms with E-state index in [1.54, 1.807) is 0 Å². The van der Waals surface area contributed by atoms with Crippen LogP contribution in [0.1, 0.15) is 40.3 Å². The lowest BCUT2D eigenvalue weighted by Crippen LogP contribution is -2.26. The van der Waals surface area contributed by atoms with Crippen molar-refractivity contribution < 1.29 is 14.2 Å². The topological polar surface area (TPSA) is 58.4 Å². The van der Waals surface area contributed by atoms with Crippen LogP contribution < -0.4 is 0 Å². The lowest BCUT2D eigenvalue weighted by atomic mass is 10.2. The second kappa shape index (κ2) is 8.96. The molecule has 23 heavy (non-hydrogen) atoms. The number of benzene rings is 1. The standard InChI is InChI=1S/C17H27N3O3/c1-5-21-17(22-6-2)11-16(23-12-13(3)4)20-15-10-8-7-9-14(15)18-19-20/h7-10,13,16-17H,5-6,11-12H2,1-4H3. The lowest BCUT2D eigenvalue weighted by Gasteiger charge is -2.24. The van der Waals surface area contributed by atoms with Gasteiger partial charge in [-0.15, -0.1) is 5.10 Å². The summed E-state index contributed by atoms with van der Waals surface area (Å²) < 4.78 is 19.2. The van der Waals surface area contributed by atoms with E-state index in [2.05, 4.69) is 24.2 Å². The Labute approximate surface area is 137 Å². The van der Waals surface area contributed by atoms with E-state index in [0.717, 1.165) is 11.0 Å². The van der Waals surface area contributed by atoms with Crippen LogP contribution in [-0.4, -0.2) is 41.1 Å². The first-order chi connectivity index (χ1) is 11.2. The first kappa shape index (κ1) is 17.8. The lowest BCUT2D eigenvalue weighted by molar-refractivity contribution is -0.170. The van der Waals surface area contributed by atoms with Crippen LogP contribution in [0.15, 0.2) is 24.3 Å². The number of fused-ring (bicyclic) bond motifs is 1. The molecule has 0 radical (unpaired) electrons. The maximum Gasteiger partial charge on any atom is 0.161 e. The summed E-state index contributed by atoms with van der Waals surface area (Å²) in [5, 5.41) is 8.49. The van der Waals surface area contributed by atoms with E-state index in [9.17, 15) is 0 Å². The fourth-order valence-corrected chi connectivity index (χ4v) is 2.36. The van der Waals surface area contributed by atoms with Gasteiger partial charge in [-0.3, -0.25) is 0 Å². The first-order valence-electron chi connectivity index (χ1n) is 8.30. The van der Waals surface area contributed by atoms with E-state index in [4.69, 9.17) is 14.2 Å². The fraction of sp³-hybridized carbons (Fsp3) is 0.647. The van der Waals surface area contributed by atoms with Crippen molar-refractivity contribution in [2.75, 3.05) is 19.8 Å². The molecule has 2 aromatic rings. The highest BCUT2D eigenvalue weighted by Crippen LogP contribution is 2.23. The molecule has 1 aromatic carbocycles. The molecule has 1 unspecified atom stereocenters. The third-order valence-corrected chi connectivity index (χ3v) is 3.37. The average molecular weight is 321 g/mol. The van der Waals surface area contributed by atoms with Crippen LogP contribution in [0.2, 0.25) is 0 Å². The first-order valence-corrected chi connectivity index (χ1v) is 8.30. The monoisotopic (exact) mass is 321 g/mol. The van der Waals surface area contributed by atoms with Crippen LogP contribution in [0.25, 0.3) is 11.0 Å². The summed E-state index contributed by atoms with van der Waals surface area (Å²) in [4.78, 5) is 0. The van der Waals surface area contributed by atoms with Gasteiger partial charge in [-0.25, -0.2) is 4.68 Å². The predicted molar refractivity (Wildman–Crippen MR) is 89.0 cm³/mol.